The Bertz CT molecular complexity index is 151. The Hall–Kier alpha value is -0.120. The Labute approximate surface area is 79.5 Å². The van der Waals surface area contributed by atoms with Gasteiger partial charge >= 0.3 is 0 Å². The molecule has 1 aliphatic heterocycles. The van der Waals surface area contributed by atoms with Gasteiger partial charge in [-0.1, -0.05) is 0 Å². The minimum Gasteiger partial charge on any atom is -0.393 e. The van der Waals surface area contributed by atoms with E-state index in [0.717, 1.165) is 26.0 Å². The predicted octanol–water partition coefficient (Wildman–Crippen LogP) is 0.668. The van der Waals surface area contributed by atoms with Crippen LogP contribution >= 0.6 is 0 Å². The van der Waals surface area contributed by atoms with Gasteiger partial charge in [-0.2, -0.15) is 0 Å². The van der Waals surface area contributed by atoms with Gasteiger partial charge in [-0.05, 0) is 32.1 Å². The van der Waals surface area contributed by atoms with Gasteiger partial charge in [0.1, 0.15) is 0 Å². The molecule has 1 unspecified atom stereocenters. The van der Waals surface area contributed by atoms with E-state index in [2.05, 4.69) is 5.32 Å². The van der Waals surface area contributed by atoms with Gasteiger partial charge in [0.25, 0.3) is 0 Å². The molecule has 0 aromatic heterocycles. The Morgan fingerprint density at radius 1 is 1.31 bits per heavy atom. The summed E-state index contributed by atoms with van der Waals surface area (Å²) in [5.74, 6) is 0. The summed E-state index contributed by atoms with van der Waals surface area (Å²) in [6, 6.07) is 0.542. The van der Waals surface area contributed by atoms with Crippen LogP contribution in [-0.2, 0) is 4.74 Å². The molecule has 2 aliphatic rings. The largest absolute Gasteiger partial charge is 0.393 e. The SMILES string of the molecule is OC1CC(NCC2CCCCO2)C1. The Balaban J connectivity index is 1.56. The van der Waals surface area contributed by atoms with Crippen LogP contribution in [0.3, 0.4) is 0 Å². The second-order valence-electron chi connectivity index (χ2n) is 4.22. The molecule has 0 spiro atoms. The second kappa shape index (κ2) is 4.40. The van der Waals surface area contributed by atoms with E-state index >= 15 is 0 Å². The molecule has 1 saturated heterocycles. The standard InChI is InChI=1S/C10H19NO2/c12-9-5-8(6-9)11-7-10-3-1-2-4-13-10/h8-12H,1-7H2. The number of nitrogens with one attached hydrogen (secondary N) is 1. The van der Waals surface area contributed by atoms with Crippen LogP contribution < -0.4 is 5.32 Å². The minimum atomic E-state index is -0.0511. The maximum Gasteiger partial charge on any atom is 0.0699 e. The van der Waals surface area contributed by atoms with Crippen molar-refractivity contribution in [3.8, 4) is 0 Å². The van der Waals surface area contributed by atoms with E-state index in [1.54, 1.807) is 0 Å². The van der Waals surface area contributed by atoms with Crippen LogP contribution in [0.2, 0.25) is 0 Å². The third kappa shape index (κ3) is 2.66. The van der Waals surface area contributed by atoms with E-state index in [4.69, 9.17) is 9.84 Å². The minimum absolute atomic E-state index is 0.0511. The van der Waals surface area contributed by atoms with Crippen LogP contribution in [0.4, 0.5) is 0 Å². The van der Waals surface area contributed by atoms with Gasteiger partial charge in [0.15, 0.2) is 0 Å². The molecule has 0 aromatic carbocycles. The third-order valence-corrected chi connectivity index (χ3v) is 3.02. The first kappa shape index (κ1) is 9.44. The van der Waals surface area contributed by atoms with Crippen molar-refractivity contribution in [1.82, 2.24) is 5.32 Å². The zero-order valence-electron chi connectivity index (χ0n) is 8.04. The van der Waals surface area contributed by atoms with E-state index in [9.17, 15) is 0 Å². The summed E-state index contributed by atoms with van der Waals surface area (Å²) < 4.78 is 5.60. The molecule has 13 heavy (non-hydrogen) atoms. The first-order valence-corrected chi connectivity index (χ1v) is 5.37. The number of hydrogen-bond donors (Lipinski definition) is 2. The fourth-order valence-corrected chi connectivity index (χ4v) is 2.02. The average molecular weight is 185 g/mol. The van der Waals surface area contributed by atoms with Crippen molar-refractivity contribution in [2.45, 2.75) is 50.4 Å². The van der Waals surface area contributed by atoms with Crippen LogP contribution in [0.5, 0.6) is 0 Å². The Morgan fingerprint density at radius 3 is 2.77 bits per heavy atom. The summed E-state index contributed by atoms with van der Waals surface area (Å²) in [7, 11) is 0. The van der Waals surface area contributed by atoms with Crippen LogP contribution in [0.15, 0.2) is 0 Å². The lowest BCUT2D eigenvalue weighted by Gasteiger charge is -2.34. The van der Waals surface area contributed by atoms with Crippen LogP contribution in [0.1, 0.15) is 32.1 Å². The molecule has 1 saturated carbocycles. The highest BCUT2D eigenvalue weighted by Crippen LogP contribution is 2.20. The third-order valence-electron chi connectivity index (χ3n) is 3.02. The lowest BCUT2D eigenvalue weighted by Crippen LogP contribution is -2.47. The van der Waals surface area contributed by atoms with Crippen molar-refractivity contribution in [3.05, 3.63) is 0 Å². The van der Waals surface area contributed by atoms with Gasteiger partial charge in [-0.25, -0.2) is 0 Å². The van der Waals surface area contributed by atoms with Gasteiger partial charge in [-0.15, -0.1) is 0 Å². The number of aliphatic hydroxyl groups is 1. The van der Waals surface area contributed by atoms with Crippen LogP contribution in [0, 0.1) is 0 Å². The first-order chi connectivity index (χ1) is 6.34. The lowest BCUT2D eigenvalue weighted by molar-refractivity contribution is 0.00519. The van der Waals surface area contributed by atoms with Crippen molar-refractivity contribution < 1.29 is 9.84 Å². The highest BCUT2D eigenvalue weighted by atomic mass is 16.5. The lowest BCUT2D eigenvalue weighted by atomic mass is 9.89. The zero-order chi connectivity index (χ0) is 9.10. The number of aliphatic hydroxyl groups excluding tert-OH is 1. The van der Waals surface area contributed by atoms with E-state index in [1.807, 2.05) is 0 Å². The van der Waals surface area contributed by atoms with Gasteiger partial charge in [0.2, 0.25) is 0 Å². The summed E-state index contributed by atoms with van der Waals surface area (Å²) in [5, 5.41) is 12.5. The highest BCUT2D eigenvalue weighted by Gasteiger charge is 2.27. The Kier molecular flexibility index (Phi) is 3.19. The van der Waals surface area contributed by atoms with Crippen molar-refractivity contribution >= 4 is 0 Å². The van der Waals surface area contributed by atoms with Gasteiger partial charge < -0.3 is 15.2 Å². The second-order valence-corrected chi connectivity index (χ2v) is 4.22. The fraction of sp³-hybridized carbons (Fsp3) is 1.00. The monoisotopic (exact) mass is 185 g/mol. The summed E-state index contributed by atoms with van der Waals surface area (Å²) in [4.78, 5) is 0. The predicted molar refractivity (Wildman–Crippen MR) is 50.6 cm³/mol. The molecular weight excluding hydrogens is 166 g/mol. The van der Waals surface area contributed by atoms with E-state index < -0.39 is 0 Å². The maximum atomic E-state index is 9.08. The molecule has 0 aromatic rings. The van der Waals surface area contributed by atoms with Crippen LogP contribution in [0.25, 0.3) is 0 Å². The topological polar surface area (TPSA) is 41.5 Å². The highest BCUT2D eigenvalue weighted by molar-refractivity contribution is 4.85. The van der Waals surface area contributed by atoms with Crippen molar-refractivity contribution in [2.24, 2.45) is 0 Å². The molecule has 76 valence electrons. The summed E-state index contributed by atoms with van der Waals surface area (Å²) in [6.45, 7) is 1.90. The summed E-state index contributed by atoms with van der Waals surface area (Å²) in [5.41, 5.74) is 0. The van der Waals surface area contributed by atoms with E-state index in [0.29, 0.717) is 12.1 Å². The molecule has 2 N–H and O–H groups in total. The van der Waals surface area contributed by atoms with Crippen LogP contribution in [-0.4, -0.2) is 36.5 Å². The maximum absolute atomic E-state index is 9.08. The molecule has 1 aliphatic carbocycles. The smallest absolute Gasteiger partial charge is 0.0699 e. The molecule has 1 atom stereocenters. The average Bonchev–Trinajstić information content (AvgIpc) is 2.12. The van der Waals surface area contributed by atoms with Crippen molar-refractivity contribution in [1.29, 1.82) is 0 Å². The fourth-order valence-electron chi connectivity index (χ4n) is 2.02. The zero-order valence-corrected chi connectivity index (χ0v) is 8.04. The van der Waals surface area contributed by atoms with E-state index in [1.165, 1.54) is 19.3 Å². The molecule has 1 heterocycles. The molecule has 3 nitrogen and oxygen atoms in total. The number of hydrogen-bond acceptors (Lipinski definition) is 3. The van der Waals surface area contributed by atoms with Gasteiger partial charge in [-0.3, -0.25) is 0 Å². The molecular formula is C10H19NO2. The summed E-state index contributed by atoms with van der Waals surface area (Å²) in [6.07, 6.45) is 5.94. The number of ether oxygens (including phenoxy) is 1. The normalized spacial score (nSPS) is 39.9. The van der Waals surface area contributed by atoms with Gasteiger partial charge in [0.05, 0.1) is 12.2 Å². The quantitative estimate of drug-likeness (QED) is 0.679. The van der Waals surface area contributed by atoms with Gasteiger partial charge in [0, 0.05) is 19.2 Å². The molecule has 0 amide bonds. The van der Waals surface area contributed by atoms with E-state index in [-0.39, 0.29) is 6.10 Å². The Morgan fingerprint density at radius 2 is 2.15 bits per heavy atom. The molecule has 3 heteroatoms. The summed E-state index contributed by atoms with van der Waals surface area (Å²) >= 11 is 0. The molecule has 0 bridgehead atoms. The van der Waals surface area contributed by atoms with Crippen molar-refractivity contribution in [2.75, 3.05) is 13.2 Å². The van der Waals surface area contributed by atoms with Crippen molar-refractivity contribution in [3.63, 3.8) is 0 Å². The molecule has 0 radical (unpaired) electrons. The first-order valence-electron chi connectivity index (χ1n) is 5.37. The number of rotatable bonds is 3. The molecule has 2 rings (SSSR count). The molecule has 2 fully saturated rings.